The maximum absolute atomic E-state index is 12.5. The number of rotatable bonds is 4. The molecule has 0 bridgehead atoms. The smallest absolute Gasteiger partial charge is 0.304 e. The van der Waals surface area contributed by atoms with Crippen molar-refractivity contribution in [1.82, 2.24) is 0 Å². The third kappa shape index (κ3) is 3.05. The van der Waals surface area contributed by atoms with Gasteiger partial charge in [-0.15, -0.1) is 0 Å². The molecule has 5 atom stereocenters. The highest BCUT2D eigenvalue weighted by atomic mass is 16.5. The van der Waals surface area contributed by atoms with Gasteiger partial charge in [0.05, 0.1) is 14.5 Å². The number of fused-ring (bicyclic) bond motifs is 5. The lowest BCUT2D eigenvalue weighted by Gasteiger charge is -2.48. The number of ketones is 1. The van der Waals surface area contributed by atoms with Crippen molar-refractivity contribution in [2.45, 2.75) is 70.5 Å². The standard InChI is InChI=1S/C23H29BO3/c1-3-12-27-22(26)21(24)15-5-6-16-14(13-15)4-7-18-17(16)10-11-23(2)19(18)8-9-20(23)25/h5-6,13,17-19,21H,3-4,7-12H2,1-2H3/t17-,18-,19+,21?,23+/m0/s1. The molecule has 142 valence electrons. The van der Waals surface area contributed by atoms with E-state index in [1.54, 1.807) is 0 Å². The van der Waals surface area contributed by atoms with E-state index in [9.17, 15) is 9.59 Å². The zero-order valence-electron chi connectivity index (χ0n) is 16.5. The van der Waals surface area contributed by atoms with Gasteiger partial charge in [-0.25, -0.2) is 0 Å². The minimum Gasteiger partial charge on any atom is -0.466 e. The van der Waals surface area contributed by atoms with Crippen LogP contribution in [0.15, 0.2) is 18.2 Å². The lowest BCUT2D eigenvalue weighted by Crippen LogP contribution is -2.42. The number of esters is 1. The number of carbonyl (C=O) groups is 2. The summed E-state index contributed by atoms with van der Waals surface area (Å²) < 4.78 is 5.21. The summed E-state index contributed by atoms with van der Waals surface area (Å²) in [6, 6.07) is 6.32. The number of aryl methyl sites for hydroxylation is 1. The van der Waals surface area contributed by atoms with E-state index in [0.29, 0.717) is 30.1 Å². The fourth-order valence-electron chi connectivity index (χ4n) is 6.00. The number of hydrogen-bond donors (Lipinski definition) is 0. The lowest BCUT2D eigenvalue weighted by atomic mass is 9.55. The maximum atomic E-state index is 12.5. The van der Waals surface area contributed by atoms with Crippen molar-refractivity contribution in [3.05, 3.63) is 34.9 Å². The number of hydrogen-bond acceptors (Lipinski definition) is 3. The molecule has 4 rings (SSSR count). The van der Waals surface area contributed by atoms with E-state index in [0.717, 1.165) is 50.5 Å². The Morgan fingerprint density at radius 1 is 1.30 bits per heavy atom. The van der Waals surface area contributed by atoms with Crippen LogP contribution in [-0.4, -0.2) is 26.2 Å². The Kier molecular flexibility index (Phi) is 4.94. The van der Waals surface area contributed by atoms with E-state index in [2.05, 4.69) is 19.1 Å². The summed E-state index contributed by atoms with van der Waals surface area (Å²) in [6.45, 7) is 4.60. The molecule has 0 aromatic heterocycles. The zero-order valence-corrected chi connectivity index (χ0v) is 16.5. The first-order valence-corrected chi connectivity index (χ1v) is 10.5. The summed E-state index contributed by atoms with van der Waals surface area (Å²) in [5, 5.41) is 0. The normalized spacial score (nSPS) is 33.0. The Labute approximate surface area is 163 Å². The molecule has 3 aliphatic rings. The summed E-state index contributed by atoms with van der Waals surface area (Å²) in [5.74, 6) is 1.16. The van der Waals surface area contributed by atoms with Crippen LogP contribution in [0.5, 0.6) is 0 Å². The molecule has 2 saturated carbocycles. The quantitative estimate of drug-likeness (QED) is 0.592. The molecule has 2 fully saturated rings. The molecule has 0 amide bonds. The van der Waals surface area contributed by atoms with E-state index in [-0.39, 0.29) is 11.4 Å². The Hall–Kier alpha value is -1.58. The van der Waals surface area contributed by atoms with Crippen LogP contribution in [0, 0.1) is 17.3 Å². The van der Waals surface area contributed by atoms with Crippen LogP contribution >= 0.6 is 0 Å². The molecule has 27 heavy (non-hydrogen) atoms. The van der Waals surface area contributed by atoms with Crippen molar-refractivity contribution < 1.29 is 14.3 Å². The third-order valence-electron chi connectivity index (χ3n) is 7.52. The van der Waals surface area contributed by atoms with Gasteiger partial charge in [0.15, 0.2) is 0 Å². The second-order valence-electron chi connectivity index (χ2n) is 8.94. The van der Waals surface area contributed by atoms with E-state index in [1.165, 1.54) is 11.1 Å². The highest BCUT2D eigenvalue weighted by Crippen LogP contribution is 2.59. The van der Waals surface area contributed by atoms with Gasteiger partial charge in [-0.1, -0.05) is 32.0 Å². The molecule has 0 heterocycles. The predicted molar refractivity (Wildman–Crippen MR) is 106 cm³/mol. The van der Waals surface area contributed by atoms with E-state index in [4.69, 9.17) is 12.6 Å². The monoisotopic (exact) mass is 364 g/mol. The highest BCUT2D eigenvalue weighted by Gasteiger charge is 2.54. The lowest BCUT2D eigenvalue weighted by molar-refractivity contribution is -0.143. The van der Waals surface area contributed by atoms with Crippen LogP contribution in [0.4, 0.5) is 0 Å². The van der Waals surface area contributed by atoms with Crippen molar-refractivity contribution in [1.29, 1.82) is 0 Å². The molecule has 1 unspecified atom stereocenters. The summed E-state index contributed by atoms with van der Waals surface area (Å²) in [4.78, 5) is 24.6. The first-order valence-electron chi connectivity index (χ1n) is 10.5. The second-order valence-corrected chi connectivity index (χ2v) is 8.94. The SMILES string of the molecule is [B]C(C(=O)OCCC)c1ccc2c(c1)CC[C@@H]1[C@H]3CCC(=O)[C@]3(C)CC[C@@H]21. The molecular formula is C23H29BO3. The molecule has 4 heteroatoms. The minimum atomic E-state index is -0.707. The maximum Gasteiger partial charge on any atom is 0.304 e. The molecular weight excluding hydrogens is 335 g/mol. The van der Waals surface area contributed by atoms with Crippen LogP contribution in [-0.2, 0) is 20.7 Å². The number of benzene rings is 1. The second kappa shape index (κ2) is 7.11. The van der Waals surface area contributed by atoms with E-state index >= 15 is 0 Å². The van der Waals surface area contributed by atoms with Gasteiger partial charge in [0.2, 0.25) is 0 Å². The van der Waals surface area contributed by atoms with Gasteiger partial charge in [-0.05, 0) is 73.0 Å². The van der Waals surface area contributed by atoms with Crippen LogP contribution in [0.1, 0.15) is 80.8 Å². The van der Waals surface area contributed by atoms with Gasteiger partial charge < -0.3 is 4.74 Å². The summed E-state index contributed by atoms with van der Waals surface area (Å²) >= 11 is 0. The fourth-order valence-corrected chi connectivity index (χ4v) is 6.00. The van der Waals surface area contributed by atoms with Crippen LogP contribution in [0.2, 0.25) is 0 Å². The first kappa shape index (κ1) is 18.8. The molecule has 0 spiro atoms. The number of Topliss-reactive ketones (excluding diaryl/α,β-unsaturated/α-hetero) is 1. The van der Waals surface area contributed by atoms with Crippen molar-refractivity contribution in [2.24, 2.45) is 17.3 Å². The molecule has 1 aromatic carbocycles. The Morgan fingerprint density at radius 3 is 2.89 bits per heavy atom. The van der Waals surface area contributed by atoms with Crippen molar-refractivity contribution in [3.63, 3.8) is 0 Å². The van der Waals surface area contributed by atoms with Gasteiger partial charge >= 0.3 is 5.97 Å². The summed E-state index contributed by atoms with van der Waals surface area (Å²) in [5.41, 5.74) is 3.53. The number of ether oxygens (including phenoxy) is 1. The molecule has 1 aromatic rings. The third-order valence-corrected chi connectivity index (χ3v) is 7.52. The molecule has 0 N–H and O–H groups in total. The highest BCUT2D eigenvalue weighted by molar-refractivity contribution is 6.23. The predicted octanol–water partition coefficient (Wildman–Crippen LogP) is 4.27. The molecule has 0 aliphatic heterocycles. The van der Waals surface area contributed by atoms with Crippen molar-refractivity contribution in [2.75, 3.05) is 6.61 Å². The minimum absolute atomic E-state index is 0.0794. The van der Waals surface area contributed by atoms with Gasteiger partial charge in [0, 0.05) is 17.7 Å². The van der Waals surface area contributed by atoms with Crippen molar-refractivity contribution in [3.8, 4) is 0 Å². The first-order chi connectivity index (χ1) is 13.0. The topological polar surface area (TPSA) is 43.4 Å². The molecule has 3 aliphatic carbocycles. The zero-order chi connectivity index (χ0) is 19.2. The van der Waals surface area contributed by atoms with E-state index in [1.807, 2.05) is 13.0 Å². The largest absolute Gasteiger partial charge is 0.466 e. The van der Waals surface area contributed by atoms with Crippen LogP contribution in [0.3, 0.4) is 0 Å². The van der Waals surface area contributed by atoms with E-state index < -0.39 is 5.82 Å². The van der Waals surface area contributed by atoms with Gasteiger partial charge in [0.1, 0.15) is 5.78 Å². The summed E-state index contributed by atoms with van der Waals surface area (Å²) in [6.07, 6.45) is 6.91. The van der Waals surface area contributed by atoms with Crippen LogP contribution < -0.4 is 0 Å². The van der Waals surface area contributed by atoms with Gasteiger partial charge in [0.25, 0.3) is 0 Å². The molecule has 3 nitrogen and oxygen atoms in total. The van der Waals surface area contributed by atoms with Gasteiger partial charge in [-0.3, -0.25) is 9.59 Å². The van der Waals surface area contributed by atoms with Gasteiger partial charge in [-0.2, -0.15) is 0 Å². The number of carbonyl (C=O) groups excluding carboxylic acids is 2. The molecule has 2 radical (unpaired) electrons. The fraction of sp³-hybridized carbons (Fsp3) is 0.652. The average Bonchev–Trinajstić information content (AvgIpc) is 2.99. The Balaban J connectivity index is 1.56. The Bertz CT molecular complexity index is 758. The van der Waals surface area contributed by atoms with Crippen molar-refractivity contribution >= 4 is 19.6 Å². The summed E-state index contributed by atoms with van der Waals surface area (Å²) in [7, 11) is 6.13. The average molecular weight is 364 g/mol. The molecule has 0 saturated heterocycles. The van der Waals surface area contributed by atoms with Crippen LogP contribution in [0.25, 0.3) is 0 Å². The Morgan fingerprint density at radius 2 is 2.11 bits per heavy atom.